The smallest absolute Gasteiger partial charge is 0.257 e. The van der Waals surface area contributed by atoms with E-state index in [-0.39, 0.29) is 5.91 Å². The lowest BCUT2D eigenvalue weighted by Crippen LogP contribution is -2.48. The number of methoxy groups -OCH3 is 1. The van der Waals surface area contributed by atoms with Gasteiger partial charge in [-0.15, -0.1) is 0 Å². The largest absolute Gasteiger partial charge is 0.496 e. The number of carbonyl (C=O) groups excluding carboxylic acids is 1. The number of nitrogens with zero attached hydrogens (tertiary/aromatic N) is 3. The third kappa shape index (κ3) is 6.00. The van der Waals surface area contributed by atoms with Gasteiger partial charge in [0.2, 0.25) is 0 Å². The van der Waals surface area contributed by atoms with Crippen LogP contribution in [0.3, 0.4) is 0 Å². The number of piperazine rings is 1. The van der Waals surface area contributed by atoms with Gasteiger partial charge in [0.25, 0.3) is 5.91 Å². The number of aromatic nitrogens is 1. The van der Waals surface area contributed by atoms with Crippen LogP contribution >= 0.6 is 0 Å². The molecule has 29 heavy (non-hydrogen) atoms. The van der Waals surface area contributed by atoms with Gasteiger partial charge in [0.15, 0.2) is 0 Å². The molecule has 0 aliphatic carbocycles. The summed E-state index contributed by atoms with van der Waals surface area (Å²) in [5, 5.41) is 0. The second-order valence-corrected chi connectivity index (χ2v) is 7.13. The Bertz CT molecular complexity index is 777. The Balaban J connectivity index is 1.59. The zero-order valence-corrected chi connectivity index (χ0v) is 17.3. The fourth-order valence-electron chi connectivity index (χ4n) is 3.37. The SMILES string of the molecule is CCCONCc1ccc(OC)c(C(=O)N2CCN(Cc3cccnc3)CC2)c1. The zero-order chi connectivity index (χ0) is 20.5. The molecular formula is C22H30N4O3. The van der Waals surface area contributed by atoms with Crippen molar-refractivity contribution in [3.8, 4) is 5.75 Å². The number of hydrogen-bond donors (Lipinski definition) is 1. The van der Waals surface area contributed by atoms with Gasteiger partial charge in [-0.1, -0.05) is 19.1 Å². The lowest BCUT2D eigenvalue weighted by molar-refractivity contribution is 0.0370. The maximum atomic E-state index is 13.1. The van der Waals surface area contributed by atoms with Gasteiger partial charge in [-0.25, -0.2) is 0 Å². The first kappa shape index (κ1) is 21.2. The molecule has 1 aromatic carbocycles. The number of rotatable bonds is 9. The lowest BCUT2D eigenvalue weighted by Gasteiger charge is -2.35. The van der Waals surface area contributed by atoms with Crippen molar-refractivity contribution < 1.29 is 14.4 Å². The summed E-state index contributed by atoms with van der Waals surface area (Å²) < 4.78 is 5.44. The van der Waals surface area contributed by atoms with Crippen molar-refractivity contribution in [1.82, 2.24) is 20.3 Å². The second kappa shape index (κ2) is 10.9. The van der Waals surface area contributed by atoms with E-state index in [1.165, 1.54) is 5.56 Å². The molecule has 1 amide bonds. The number of benzene rings is 1. The van der Waals surface area contributed by atoms with Gasteiger partial charge in [0.1, 0.15) is 5.75 Å². The summed E-state index contributed by atoms with van der Waals surface area (Å²) in [6.45, 7) is 7.20. The van der Waals surface area contributed by atoms with Gasteiger partial charge >= 0.3 is 0 Å². The zero-order valence-electron chi connectivity index (χ0n) is 17.3. The maximum absolute atomic E-state index is 13.1. The van der Waals surface area contributed by atoms with Gasteiger partial charge in [-0.2, -0.15) is 5.48 Å². The molecule has 156 valence electrons. The molecule has 0 radical (unpaired) electrons. The fourth-order valence-corrected chi connectivity index (χ4v) is 3.37. The van der Waals surface area contributed by atoms with Crippen LogP contribution in [0, 0.1) is 0 Å². The van der Waals surface area contributed by atoms with E-state index in [2.05, 4.69) is 28.4 Å². The molecule has 1 N–H and O–H groups in total. The highest BCUT2D eigenvalue weighted by molar-refractivity contribution is 5.97. The number of amides is 1. The molecule has 0 unspecified atom stereocenters. The summed E-state index contributed by atoms with van der Waals surface area (Å²) in [4.78, 5) is 26.9. The van der Waals surface area contributed by atoms with E-state index >= 15 is 0 Å². The van der Waals surface area contributed by atoms with Gasteiger partial charge in [-0.05, 0) is 35.7 Å². The number of ether oxygens (including phenoxy) is 1. The van der Waals surface area contributed by atoms with E-state index in [4.69, 9.17) is 9.57 Å². The minimum absolute atomic E-state index is 0.0132. The summed E-state index contributed by atoms with van der Waals surface area (Å²) >= 11 is 0. The third-order valence-electron chi connectivity index (χ3n) is 4.97. The Morgan fingerprint density at radius 2 is 2.00 bits per heavy atom. The van der Waals surface area contributed by atoms with Crippen LogP contribution in [-0.4, -0.2) is 60.6 Å². The normalized spacial score (nSPS) is 14.8. The second-order valence-electron chi connectivity index (χ2n) is 7.13. The van der Waals surface area contributed by atoms with Gasteiger partial charge in [-0.3, -0.25) is 14.7 Å². The molecule has 0 atom stereocenters. The Kier molecular flexibility index (Phi) is 7.98. The Hall–Kier alpha value is -2.48. The van der Waals surface area contributed by atoms with E-state index in [0.29, 0.717) is 37.6 Å². The van der Waals surface area contributed by atoms with Crippen molar-refractivity contribution in [2.45, 2.75) is 26.4 Å². The molecule has 1 aromatic heterocycles. The summed E-state index contributed by atoms with van der Waals surface area (Å²) in [5.41, 5.74) is 5.72. The highest BCUT2D eigenvalue weighted by Gasteiger charge is 2.24. The number of nitrogens with one attached hydrogen (secondary N) is 1. The molecule has 1 saturated heterocycles. The molecule has 0 bridgehead atoms. The molecule has 1 aliphatic heterocycles. The first-order valence-corrected chi connectivity index (χ1v) is 10.1. The third-order valence-corrected chi connectivity index (χ3v) is 4.97. The highest BCUT2D eigenvalue weighted by Crippen LogP contribution is 2.23. The molecule has 7 heteroatoms. The number of hydrogen-bond acceptors (Lipinski definition) is 6. The van der Waals surface area contributed by atoms with Gasteiger partial charge in [0, 0.05) is 51.7 Å². The topological polar surface area (TPSA) is 66.9 Å². The van der Waals surface area contributed by atoms with Crippen molar-refractivity contribution in [2.75, 3.05) is 39.9 Å². The molecule has 7 nitrogen and oxygen atoms in total. The van der Waals surface area contributed by atoms with Gasteiger partial charge in [0.05, 0.1) is 19.3 Å². The molecule has 0 spiro atoms. The van der Waals surface area contributed by atoms with Crippen molar-refractivity contribution in [2.24, 2.45) is 0 Å². The molecular weight excluding hydrogens is 368 g/mol. The Morgan fingerprint density at radius 1 is 1.17 bits per heavy atom. The number of pyridine rings is 1. The predicted molar refractivity (Wildman–Crippen MR) is 111 cm³/mol. The molecule has 3 rings (SSSR count). The number of hydroxylamine groups is 1. The van der Waals surface area contributed by atoms with Crippen molar-refractivity contribution in [3.05, 3.63) is 59.4 Å². The highest BCUT2D eigenvalue weighted by atomic mass is 16.6. The minimum atomic E-state index is 0.0132. The molecule has 1 aliphatic rings. The van der Waals surface area contributed by atoms with Crippen LogP contribution < -0.4 is 10.2 Å². The summed E-state index contributed by atoms with van der Waals surface area (Å²) in [5.74, 6) is 0.616. The van der Waals surface area contributed by atoms with Crippen LogP contribution in [0.15, 0.2) is 42.7 Å². The monoisotopic (exact) mass is 398 g/mol. The van der Waals surface area contributed by atoms with E-state index in [0.717, 1.165) is 31.6 Å². The quantitative estimate of drug-likeness (QED) is 0.517. The van der Waals surface area contributed by atoms with Crippen LogP contribution in [0.25, 0.3) is 0 Å². The summed E-state index contributed by atoms with van der Waals surface area (Å²) in [6.07, 6.45) is 4.63. The maximum Gasteiger partial charge on any atom is 0.257 e. The van der Waals surface area contributed by atoms with Crippen molar-refractivity contribution in [3.63, 3.8) is 0 Å². The number of carbonyl (C=O) groups is 1. The lowest BCUT2D eigenvalue weighted by atomic mass is 10.1. The van der Waals surface area contributed by atoms with Crippen LogP contribution in [0.4, 0.5) is 0 Å². The van der Waals surface area contributed by atoms with E-state index < -0.39 is 0 Å². The van der Waals surface area contributed by atoms with Crippen LogP contribution in [0.5, 0.6) is 5.75 Å². The molecule has 0 saturated carbocycles. The average molecular weight is 399 g/mol. The summed E-state index contributed by atoms with van der Waals surface area (Å²) in [6, 6.07) is 9.73. The van der Waals surface area contributed by atoms with E-state index in [1.54, 1.807) is 13.3 Å². The molecule has 2 aromatic rings. The Morgan fingerprint density at radius 3 is 2.69 bits per heavy atom. The first-order valence-electron chi connectivity index (χ1n) is 10.1. The average Bonchev–Trinajstić information content (AvgIpc) is 2.77. The summed E-state index contributed by atoms with van der Waals surface area (Å²) in [7, 11) is 1.60. The fraction of sp³-hybridized carbons (Fsp3) is 0.455. The van der Waals surface area contributed by atoms with Crippen molar-refractivity contribution in [1.29, 1.82) is 0 Å². The standard InChI is InChI=1S/C22H30N4O3/c1-3-13-29-24-16-18-6-7-21(28-2)20(14-18)22(27)26-11-9-25(10-12-26)17-19-5-4-8-23-15-19/h4-8,14-15,24H,3,9-13,16-17H2,1-2H3. The van der Waals surface area contributed by atoms with Gasteiger partial charge < -0.3 is 14.5 Å². The van der Waals surface area contributed by atoms with Crippen LogP contribution in [0.1, 0.15) is 34.8 Å². The van der Waals surface area contributed by atoms with Crippen molar-refractivity contribution >= 4 is 5.91 Å². The van der Waals surface area contributed by atoms with Crippen LogP contribution in [-0.2, 0) is 17.9 Å². The molecule has 1 fully saturated rings. The minimum Gasteiger partial charge on any atom is -0.496 e. The molecule has 2 heterocycles. The predicted octanol–water partition coefficient (Wildman–Crippen LogP) is 2.48. The van der Waals surface area contributed by atoms with E-state index in [1.807, 2.05) is 35.4 Å². The Labute approximate surface area is 172 Å². The first-order chi connectivity index (χ1) is 14.2. The van der Waals surface area contributed by atoms with E-state index in [9.17, 15) is 4.79 Å². The van der Waals surface area contributed by atoms with Crippen LogP contribution in [0.2, 0.25) is 0 Å².